The number of benzene rings is 2. The minimum atomic E-state index is -0.273. The summed E-state index contributed by atoms with van der Waals surface area (Å²) in [7, 11) is 0. The molecule has 6 nitrogen and oxygen atoms in total. The van der Waals surface area contributed by atoms with Crippen molar-refractivity contribution in [1.29, 1.82) is 0 Å². The molecule has 3 amide bonds. The van der Waals surface area contributed by atoms with Gasteiger partial charge >= 0.3 is 0 Å². The first-order valence-corrected chi connectivity index (χ1v) is 8.83. The summed E-state index contributed by atoms with van der Waals surface area (Å²) in [6.07, 6.45) is 0.205. The SMILES string of the molecule is CCNC(=O)CN(CC)C(=O)CNC(=O)Cc1cccc2ccccc12. The fraction of sp³-hybridized carbons (Fsp3) is 0.350. The molecule has 2 aromatic carbocycles. The smallest absolute Gasteiger partial charge is 0.242 e. The molecule has 6 heteroatoms. The average Bonchev–Trinajstić information content (AvgIpc) is 2.64. The van der Waals surface area contributed by atoms with Gasteiger partial charge in [-0.25, -0.2) is 0 Å². The molecule has 26 heavy (non-hydrogen) atoms. The van der Waals surface area contributed by atoms with Gasteiger partial charge in [-0.15, -0.1) is 0 Å². The minimum absolute atomic E-state index is 0.00235. The zero-order chi connectivity index (χ0) is 18.9. The maximum atomic E-state index is 12.2. The second kappa shape index (κ2) is 9.56. The van der Waals surface area contributed by atoms with E-state index in [9.17, 15) is 14.4 Å². The number of carbonyl (C=O) groups is 3. The van der Waals surface area contributed by atoms with Crippen molar-refractivity contribution in [3.63, 3.8) is 0 Å². The number of nitrogens with one attached hydrogen (secondary N) is 2. The van der Waals surface area contributed by atoms with Crippen molar-refractivity contribution < 1.29 is 14.4 Å². The summed E-state index contributed by atoms with van der Waals surface area (Å²) < 4.78 is 0. The van der Waals surface area contributed by atoms with Crippen LogP contribution in [0.2, 0.25) is 0 Å². The summed E-state index contributed by atoms with van der Waals surface area (Å²) >= 11 is 0. The fourth-order valence-electron chi connectivity index (χ4n) is 2.77. The first-order chi connectivity index (χ1) is 12.5. The lowest BCUT2D eigenvalue weighted by atomic mass is 10.0. The molecular formula is C20H25N3O3. The predicted molar refractivity (Wildman–Crippen MR) is 102 cm³/mol. The van der Waals surface area contributed by atoms with Crippen LogP contribution in [0, 0.1) is 0 Å². The highest BCUT2D eigenvalue weighted by Crippen LogP contribution is 2.18. The number of likely N-dealkylation sites (N-methyl/N-ethyl adjacent to an activating group) is 2. The van der Waals surface area contributed by atoms with Gasteiger partial charge < -0.3 is 15.5 Å². The highest BCUT2D eigenvalue weighted by Gasteiger charge is 2.16. The Kier molecular flexibility index (Phi) is 7.14. The van der Waals surface area contributed by atoms with E-state index in [1.165, 1.54) is 4.90 Å². The molecule has 138 valence electrons. The van der Waals surface area contributed by atoms with E-state index in [-0.39, 0.29) is 37.2 Å². The molecule has 0 heterocycles. The second-order valence-corrected chi connectivity index (χ2v) is 5.95. The van der Waals surface area contributed by atoms with Crippen molar-refractivity contribution in [3.8, 4) is 0 Å². The standard InChI is InChI=1S/C20H25N3O3/c1-3-21-19(25)14-23(4-2)20(26)13-22-18(24)12-16-10-7-9-15-8-5-6-11-17(15)16/h5-11H,3-4,12-14H2,1-2H3,(H,21,25)(H,22,24). The first kappa shape index (κ1) is 19.4. The fourth-order valence-corrected chi connectivity index (χ4v) is 2.77. The Morgan fingerprint density at radius 3 is 2.38 bits per heavy atom. The largest absolute Gasteiger partial charge is 0.355 e. The van der Waals surface area contributed by atoms with E-state index < -0.39 is 0 Å². The number of fused-ring (bicyclic) bond motifs is 1. The molecule has 0 fully saturated rings. The van der Waals surface area contributed by atoms with Gasteiger partial charge in [0.15, 0.2) is 0 Å². The summed E-state index contributed by atoms with van der Waals surface area (Å²) in [5.74, 6) is -0.696. The third-order valence-electron chi connectivity index (χ3n) is 4.11. The Balaban J connectivity index is 1.91. The van der Waals surface area contributed by atoms with Gasteiger partial charge in [0.05, 0.1) is 19.5 Å². The summed E-state index contributed by atoms with van der Waals surface area (Å²) in [5, 5.41) is 7.42. The third kappa shape index (κ3) is 5.31. The highest BCUT2D eigenvalue weighted by atomic mass is 16.2. The molecule has 0 unspecified atom stereocenters. The Morgan fingerprint density at radius 1 is 0.923 bits per heavy atom. The lowest BCUT2D eigenvalue weighted by Crippen LogP contribution is -2.45. The monoisotopic (exact) mass is 355 g/mol. The van der Waals surface area contributed by atoms with Gasteiger partial charge in [0, 0.05) is 13.1 Å². The third-order valence-corrected chi connectivity index (χ3v) is 4.11. The first-order valence-electron chi connectivity index (χ1n) is 8.83. The van der Waals surface area contributed by atoms with E-state index >= 15 is 0 Å². The maximum Gasteiger partial charge on any atom is 0.242 e. The number of amides is 3. The van der Waals surface area contributed by atoms with Crippen LogP contribution in [0.15, 0.2) is 42.5 Å². The minimum Gasteiger partial charge on any atom is -0.355 e. The van der Waals surface area contributed by atoms with Crippen molar-refractivity contribution in [1.82, 2.24) is 15.5 Å². The molecule has 0 spiro atoms. The van der Waals surface area contributed by atoms with Gasteiger partial charge in [0.2, 0.25) is 17.7 Å². The lowest BCUT2D eigenvalue weighted by Gasteiger charge is -2.20. The van der Waals surface area contributed by atoms with E-state index in [2.05, 4.69) is 10.6 Å². The van der Waals surface area contributed by atoms with Gasteiger partial charge in [-0.05, 0) is 30.2 Å². The molecule has 0 aliphatic heterocycles. The molecular weight excluding hydrogens is 330 g/mol. The molecule has 2 rings (SSSR count). The van der Waals surface area contributed by atoms with Crippen LogP contribution in [-0.2, 0) is 20.8 Å². The molecule has 0 aliphatic rings. The Labute approximate surface area is 153 Å². The topological polar surface area (TPSA) is 78.5 Å². The normalized spacial score (nSPS) is 10.4. The van der Waals surface area contributed by atoms with Crippen LogP contribution < -0.4 is 10.6 Å². The van der Waals surface area contributed by atoms with Gasteiger partial charge in [-0.2, -0.15) is 0 Å². The Bertz CT molecular complexity index is 783. The average molecular weight is 355 g/mol. The van der Waals surface area contributed by atoms with Gasteiger partial charge in [-0.1, -0.05) is 42.5 Å². The van der Waals surface area contributed by atoms with Gasteiger partial charge in [-0.3, -0.25) is 14.4 Å². The summed E-state index contributed by atoms with van der Waals surface area (Å²) in [6, 6.07) is 13.7. The zero-order valence-corrected chi connectivity index (χ0v) is 15.2. The summed E-state index contributed by atoms with van der Waals surface area (Å²) in [4.78, 5) is 37.5. The van der Waals surface area contributed by atoms with E-state index in [0.29, 0.717) is 13.1 Å². The van der Waals surface area contributed by atoms with Crippen molar-refractivity contribution in [2.24, 2.45) is 0 Å². The molecule has 0 aliphatic carbocycles. The Hall–Kier alpha value is -2.89. The molecule has 0 bridgehead atoms. The number of nitrogens with zero attached hydrogens (tertiary/aromatic N) is 1. The molecule has 0 aromatic heterocycles. The highest BCUT2D eigenvalue weighted by molar-refractivity contribution is 5.92. The molecule has 2 N–H and O–H groups in total. The molecule has 2 aromatic rings. The lowest BCUT2D eigenvalue weighted by molar-refractivity contribution is -0.136. The Morgan fingerprint density at radius 2 is 1.65 bits per heavy atom. The molecule has 0 saturated heterocycles. The van der Waals surface area contributed by atoms with Crippen LogP contribution >= 0.6 is 0 Å². The van der Waals surface area contributed by atoms with Crippen LogP contribution in [0.5, 0.6) is 0 Å². The van der Waals surface area contributed by atoms with E-state index in [1.807, 2.05) is 49.4 Å². The number of carbonyl (C=O) groups excluding carboxylic acids is 3. The maximum absolute atomic E-state index is 12.2. The quantitative estimate of drug-likeness (QED) is 0.753. The number of hydrogen-bond donors (Lipinski definition) is 2. The van der Waals surface area contributed by atoms with Crippen LogP contribution in [0.25, 0.3) is 10.8 Å². The van der Waals surface area contributed by atoms with Crippen LogP contribution in [0.1, 0.15) is 19.4 Å². The zero-order valence-electron chi connectivity index (χ0n) is 15.2. The van der Waals surface area contributed by atoms with Crippen molar-refractivity contribution >= 4 is 28.5 Å². The number of rotatable bonds is 8. The molecule has 0 radical (unpaired) electrons. The van der Waals surface area contributed by atoms with Crippen molar-refractivity contribution in [3.05, 3.63) is 48.0 Å². The van der Waals surface area contributed by atoms with Crippen molar-refractivity contribution in [2.45, 2.75) is 20.3 Å². The van der Waals surface area contributed by atoms with E-state index in [0.717, 1.165) is 16.3 Å². The summed E-state index contributed by atoms with van der Waals surface area (Å²) in [5.41, 5.74) is 0.919. The summed E-state index contributed by atoms with van der Waals surface area (Å²) in [6.45, 7) is 4.44. The van der Waals surface area contributed by atoms with Crippen molar-refractivity contribution in [2.75, 3.05) is 26.2 Å². The molecule has 0 atom stereocenters. The van der Waals surface area contributed by atoms with Crippen LogP contribution in [0.3, 0.4) is 0 Å². The number of hydrogen-bond acceptors (Lipinski definition) is 3. The predicted octanol–water partition coefficient (Wildman–Crippen LogP) is 1.48. The van der Waals surface area contributed by atoms with Crippen LogP contribution in [0.4, 0.5) is 0 Å². The van der Waals surface area contributed by atoms with E-state index in [4.69, 9.17) is 0 Å². The van der Waals surface area contributed by atoms with Gasteiger partial charge in [0.1, 0.15) is 0 Å². The molecule has 0 saturated carbocycles. The van der Waals surface area contributed by atoms with Crippen LogP contribution in [-0.4, -0.2) is 48.8 Å². The van der Waals surface area contributed by atoms with Gasteiger partial charge in [0.25, 0.3) is 0 Å². The second-order valence-electron chi connectivity index (χ2n) is 5.95. The van der Waals surface area contributed by atoms with E-state index in [1.54, 1.807) is 6.92 Å².